The van der Waals surface area contributed by atoms with Crippen LogP contribution in [0.1, 0.15) is 65.1 Å². The Morgan fingerprint density at radius 3 is 2.22 bits per heavy atom. The Hall–Kier alpha value is -4.55. The van der Waals surface area contributed by atoms with Crippen molar-refractivity contribution in [3.8, 4) is 16.9 Å². The Kier molecular flexibility index (Phi) is 8.43. The van der Waals surface area contributed by atoms with E-state index >= 15 is 0 Å². The summed E-state index contributed by atoms with van der Waals surface area (Å²) in [6.45, 7) is 8.73. The van der Waals surface area contributed by atoms with Crippen LogP contribution in [0.5, 0.6) is 5.75 Å². The molecule has 0 saturated carbocycles. The summed E-state index contributed by atoms with van der Waals surface area (Å²) in [7, 11) is 0. The van der Waals surface area contributed by atoms with Crippen LogP contribution < -0.4 is 15.7 Å². The van der Waals surface area contributed by atoms with Gasteiger partial charge in [0.05, 0.1) is 12.5 Å². The van der Waals surface area contributed by atoms with Crippen LogP contribution in [0.15, 0.2) is 78.2 Å². The van der Waals surface area contributed by atoms with Gasteiger partial charge in [-0.25, -0.2) is 4.79 Å². The average Bonchev–Trinajstić information content (AvgIpc) is 3.77. The van der Waals surface area contributed by atoms with E-state index in [-0.39, 0.29) is 28.9 Å². The molecule has 3 aliphatic rings. The summed E-state index contributed by atoms with van der Waals surface area (Å²) in [6, 6.07) is 18.0. The van der Waals surface area contributed by atoms with E-state index in [0.717, 1.165) is 27.3 Å². The molecule has 46 heavy (non-hydrogen) atoms. The first-order valence-electron chi connectivity index (χ1n) is 14.7. The van der Waals surface area contributed by atoms with Crippen LogP contribution in [0.2, 0.25) is 0 Å². The molecule has 1 saturated heterocycles. The Morgan fingerprint density at radius 1 is 0.957 bits per heavy atom. The summed E-state index contributed by atoms with van der Waals surface area (Å²) in [5.41, 5.74) is 9.72. The molecule has 3 aromatic rings. The number of amides is 1. The van der Waals surface area contributed by atoms with Crippen molar-refractivity contribution in [1.29, 1.82) is 0 Å². The van der Waals surface area contributed by atoms with Crippen molar-refractivity contribution in [3.05, 3.63) is 101 Å². The zero-order chi connectivity index (χ0) is 32.6. The monoisotopic (exact) mass is 644 g/mol. The van der Waals surface area contributed by atoms with Crippen LogP contribution in [-0.4, -0.2) is 59.4 Å². The van der Waals surface area contributed by atoms with E-state index in [9.17, 15) is 14.4 Å². The molecule has 3 aromatic carbocycles. The molecule has 2 N–H and O–H groups in total. The molecule has 1 amide bonds. The number of carbonyl (C=O) groups excluding carboxylic acids is 3. The quantitative estimate of drug-likeness (QED) is 0.103. The normalized spacial score (nSPS) is 18.9. The number of halogens is 1. The van der Waals surface area contributed by atoms with Gasteiger partial charge in [0.15, 0.2) is 11.6 Å². The first-order chi connectivity index (χ1) is 22.0. The predicted molar refractivity (Wildman–Crippen MR) is 170 cm³/mol. The van der Waals surface area contributed by atoms with E-state index in [0.29, 0.717) is 35.7 Å². The smallest absolute Gasteiger partial charge is 0.456 e. The second-order valence-corrected chi connectivity index (χ2v) is 12.3. The summed E-state index contributed by atoms with van der Waals surface area (Å²) in [5.74, 6) is -0.881. The van der Waals surface area contributed by atoms with Crippen molar-refractivity contribution in [2.24, 2.45) is 5.16 Å². The fraction of sp³-hybridized carbons (Fsp3) is 0.294. The lowest BCUT2D eigenvalue weighted by Gasteiger charge is -2.21. The van der Waals surface area contributed by atoms with Crippen LogP contribution in [0.25, 0.3) is 11.1 Å². The molecule has 1 atom stereocenters. The van der Waals surface area contributed by atoms with Gasteiger partial charge in [-0.2, -0.15) is 5.01 Å². The van der Waals surface area contributed by atoms with Crippen molar-refractivity contribution in [2.45, 2.75) is 45.0 Å². The number of oxime groups is 1. The molecule has 0 bridgehead atoms. The third kappa shape index (κ3) is 6.14. The summed E-state index contributed by atoms with van der Waals surface area (Å²) < 4.78 is 17.2. The highest BCUT2D eigenvalue weighted by Gasteiger charge is 2.37. The van der Waals surface area contributed by atoms with E-state index in [1.165, 1.54) is 12.4 Å². The number of carbonyl (C=O) groups is 3. The van der Waals surface area contributed by atoms with Crippen LogP contribution in [0.3, 0.4) is 0 Å². The minimum Gasteiger partial charge on any atom is -0.491 e. The Bertz CT molecular complexity index is 1770. The maximum atomic E-state index is 13.6. The number of Topliss-reactive ketones (excluding diaryl/α,β-unsaturated/α-hetero) is 1. The number of hydrogen-bond donors (Lipinski definition) is 2. The largest absolute Gasteiger partial charge is 0.491 e. The van der Waals surface area contributed by atoms with Gasteiger partial charge in [-0.05, 0) is 72.5 Å². The standard InChI is InChI=1S/C34H33ClN4O7/c1-33(2)27-11-7-21(30(40)20-5-9-23(10-6-20)43-18-24-19-44-34(3,4)45-24)15-25(27)26-16-22(8-12-28(26)33)31(41)29(17-35)37-46-32(42)39-14-13-36-38-39/h5-16,24,36,38H,17-19H2,1-4H3/b37-29+. The number of benzene rings is 3. The van der Waals surface area contributed by atoms with Gasteiger partial charge in [-0.3, -0.25) is 14.4 Å². The third-order valence-electron chi connectivity index (χ3n) is 8.13. The van der Waals surface area contributed by atoms with E-state index in [2.05, 4.69) is 30.0 Å². The SMILES string of the molecule is CC1(C)OCC(COc2ccc(C(=O)c3ccc4c(c3)-c3cc(C(=O)/C(CCl)=N/OC(=O)N5C=CNN5)ccc3C4(C)C)cc2)O1. The van der Waals surface area contributed by atoms with Gasteiger partial charge in [0.1, 0.15) is 24.2 Å². The minimum atomic E-state index is -0.849. The number of rotatable bonds is 9. The fourth-order valence-electron chi connectivity index (χ4n) is 5.75. The maximum absolute atomic E-state index is 13.6. The van der Waals surface area contributed by atoms with Crippen molar-refractivity contribution >= 4 is 35.0 Å². The molecule has 238 valence electrons. The number of fused-ring (bicyclic) bond motifs is 3. The number of alkyl halides is 1. The number of ether oxygens (including phenoxy) is 3. The van der Waals surface area contributed by atoms with Crippen LogP contribution in [-0.2, 0) is 19.7 Å². The molecule has 2 heterocycles. The molecule has 2 aliphatic heterocycles. The van der Waals surface area contributed by atoms with E-state index in [1.807, 2.05) is 38.1 Å². The highest BCUT2D eigenvalue weighted by Crippen LogP contribution is 2.49. The fourth-order valence-corrected chi connectivity index (χ4v) is 5.92. The van der Waals surface area contributed by atoms with Crippen molar-refractivity contribution in [1.82, 2.24) is 16.0 Å². The maximum Gasteiger partial charge on any atom is 0.456 e. The topological polar surface area (TPSA) is 128 Å². The number of hydrazine groups is 2. The van der Waals surface area contributed by atoms with Gasteiger partial charge in [-0.1, -0.05) is 43.3 Å². The van der Waals surface area contributed by atoms with Gasteiger partial charge in [0, 0.05) is 34.5 Å². The second kappa shape index (κ2) is 12.3. The summed E-state index contributed by atoms with van der Waals surface area (Å²) in [6.07, 6.45) is 1.87. The number of nitrogens with zero attached hydrogens (tertiary/aromatic N) is 2. The van der Waals surface area contributed by atoms with Crippen LogP contribution in [0, 0.1) is 0 Å². The molecule has 0 radical (unpaired) electrons. The van der Waals surface area contributed by atoms with E-state index in [4.69, 9.17) is 30.6 Å². The van der Waals surface area contributed by atoms with Gasteiger partial charge >= 0.3 is 6.09 Å². The van der Waals surface area contributed by atoms with Gasteiger partial charge in [0.25, 0.3) is 0 Å². The van der Waals surface area contributed by atoms with E-state index in [1.54, 1.807) is 36.4 Å². The van der Waals surface area contributed by atoms with Gasteiger partial charge in [-0.15, -0.1) is 17.1 Å². The van der Waals surface area contributed by atoms with E-state index < -0.39 is 17.7 Å². The molecule has 0 spiro atoms. The Balaban J connectivity index is 1.20. The highest BCUT2D eigenvalue weighted by molar-refractivity contribution is 6.53. The molecule has 1 aliphatic carbocycles. The first-order valence-corrected chi connectivity index (χ1v) is 15.2. The third-order valence-corrected chi connectivity index (χ3v) is 8.38. The molecule has 0 aromatic heterocycles. The summed E-state index contributed by atoms with van der Waals surface area (Å²) in [5, 5.41) is 4.73. The molecular weight excluding hydrogens is 612 g/mol. The predicted octanol–water partition coefficient (Wildman–Crippen LogP) is 5.46. The summed E-state index contributed by atoms with van der Waals surface area (Å²) in [4.78, 5) is 44.0. The van der Waals surface area contributed by atoms with Crippen LogP contribution in [0.4, 0.5) is 4.79 Å². The molecule has 6 rings (SSSR count). The zero-order valence-corrected chi connectivity index (χ0v) is 26.5. The molecule has 12 heteroatoms. The molecule has 11 nitrogen and oxygen atoms in total. The average molecular weight is 645 g/mol. The van der Waals surface area contributed by atoms with Gasteiger partial charge < -0.3 is 19.6 Å². The highest BCUT2D eigenvalue weighted by atomic mass is 35.5. The summed E-state index contributed by atoms with van der Waals surface area (Å²) >= 11 is 6.03. The lowest BCUT2D eigenvalue weighted by atomic mass is 9.82. The van der Waals surface area contributed by atoms with Crippen molar-refractivity contribution in [3.63, 3.8) is 0 Å². The lowest BCUT2D eigenvalue weighted by Crippen LogP contribution is -2.39. The Labute approximate surface area is 271 Å². The lowest BCUT2D eigenvalue weighted by molar-refractivity contribution is -0.141. The van der Waals surface area contributed by atoms with Crippen molar-refractivity contribution in [2.75, 3.05) is 19.1 Å². The molecular formula is C34H33ClN4O7. The number of ketones is 2. The number of hydrogen-bond acceptors (Lipinski definition) is 10. The number of nitrogens with one attached hydrogen (secondary N) is 2. The van der Waals surface area contributed by atoms with Gasteiger partial charge in [0.2, 0.25) is 5.78 Å². The second-order valence-electron chi connectivity index (χ2n) is 12.1. The molecule has 1 fully saturated rings. The first kappa shape index (κ1) is 31.4. The van der Waals surface area contributed by atoms with Crippen LogP contribution >= 0.6 is 11.6 Å². The Morgan fingerprint density at radius 2 is 1.61 bits per heavy atom. The minimum absolute atomic E-state index is 0.132. The molecule has 1 unspecified atom stereocenters. The van der Waals surface area contributed by atoms with Crippen molar-refractivity contribution < 1.29 is 33.4 Å². The zero-order valence-electron chi connectivity index (χ0n) is 25.8.